The van der Waals surface area contributed by atoms with Crippen molar-refractivity contribution in [3.63, 3.8) is 0 Å². The molecule has 0 bridgehead atoms. The van der Waals surface area contributed by atoms with Crippen molar-refractivity contribution in [2.45, 2.75) is 39.5 Å². The maximum atomic E-state index is 5.95. The second kappa shape index (κ2) is 3.01. The van der Waals surface area contributed by atoms with Gasteiger partial charge in [-0.2, -0.15) is 5.10 Å². The zero-order valence-electron chi connectivity index (χ0n) is 9.30. The van der Waals surface area contributed by atoms with E-state index in [1.807, 2.05) is 7.05 Å². The van der Waals surface area contributed by atoms with E-state index in [1.54, 1.807) is 4.68 Å². The molecule has 14 heavy (non-hydrogen) atoms. The van der Waals surface area contributed by atoms with Crippen LogP contribution in [0.2, 0.25) is 0 Å². The van der Waals surface area contributed by atoms with E-state index in [1.165, 1.54) is 24.1 Å². The summed E-state index contributed by atoms with van der Waals surface area (Å²) in [4.78, 5) is 0. The Kier molecular flexibility index (Phi) is 2.05. The molecule has 0 amide bonds. The van der Waals surface area contributed by atoms with Crippen LogP contribution in [0, 0.1) is 5.41 Å². The van der Waals surface area contributed by atoms with Crippen molar-refractivity contribution in [1.82, 2.24) is 9.78 Å². The number of aryl methyl sites for hydroxylation is 1. The monoisotopic (exact) mass is 193 g/mol. The van der Waals surface area contributed by atoms with Crippen LogP contribution in [0.1, 0.15) is 37.9 Å². The molecule has 0 atom stereocenters. The molecule has 0 aromatic carbocycles. The van der Waals surface area contributed by atoms with Gasteiger partial charge in [-0.25, -0.2) is 0 Å². The van der Waals surface area contributed by atoms with E-state index in [4.69, 9.17) is 5.73 Å². The number of aromatic nitrogens is 2. The van der Waals surface area contributed by atoms with Crippen LogP contribution in [-0.2, 0) is 19.9 Å². The van der Waals surface area contributed by atoms with Gasteiger partial charge in [0.25, 0.3) is 0 Å². The Morgan fingerprint density at radius 1 is 1.50 bits per heavy atom. The molecule has 1 aliphatic rings. The quantitative estimate of drug-likeness (QED) is 0.797. The lowest BCUT2D eigenvalue weighted by molar-refractivity contribution is 0.551. The number of nitrogen functional groups attached to an aromatic ring is 1. The number of nitrogens with zero attached hydrogens (tertiary/aromatic N) is 2. The maximum Gasteiger partial charge on any atom is 0.124 e. The molecule has 1 fully saturated rings. The largest absolute Gasteiger partial charge is 0.384 e. The van der Waals surface area contributed by atoms with Crippen LogP contribution in [0.5, 0.6) is 0 Å². The molecular weight excluding hydrogens is 174 g/mol. The standard InChI is InChI=1S/C11H19N3/c1-4-8-9(7-11(2)5-6-11)13-14(3)10(8)12/h4-7,12H2,1-3H3. The van der Waals surface area contributed by atoms with Crippen LogP contribution in [0.15, 0.2) is 0 Å². The fourth-order valence-corrected chi connectivity index (χ4v) is 1.96. The van der Waals surface area contributed by atoms with Crippen molar-refractivity contribution in [3.8, 4) is 0 Å². The number of hydrogen-bond acceptors (Lipinski definition) is 2. The van der Waals surface area contributed by atoms with E-state index in [0.717, 1.165) is 18.7 Å². The molecule has 1 aliphatic carbocycles. The summed E-state index contributed by atoms with van der Waals surface area (Å²) in [6.07, 6.45) is 4.77. The first-order chi connectivity index (χ1) is 6.56. The van der Waals surface area contributed by atoms with Gasteiger partial charge in [0, 0.05) is 12.6 Å². The molecule has 0 spiro atoms. The van der Waals surface area contributed by atoms with Crippen molar-refractivity contribution in [2.24, 2.45) is 12.5 Å². The van der Waals surface area contributed by atoms with Crippen LogP contribution in [0.3, 0.4) is 0 Å². The molecule has 0 aliphatic heterocycles. The first-order valence-electron chi connectivity index (χ1n) is 5.36. The molecule has 1 heterocycles. The van der Waals surface area contributed by atoms with Gasteiger partial charge in [0.05, 0.1) is 5.69 Å². The second-order valence-electron chi connectivity index (χ2n) is 4.78. The normalized spacial score (nSPS) is 18.5. The third-order valence-electron chi connectivity index (χ3n) is 3.33. The molecule has 3 nitrogen and oxygen atoms in total. The summed E-state index contributed by atoms with van der Waals surface area (Å²) in [6, 6.07) is 0. The Morgan fingerprint density at radius 3 is 2.64 bits per heavy atom. The number of hydrogen-bond donors (Lipinski definition) is 1. The highest BCUT2D eigenvalue weighted by molar-refractivity contribution is 5.43. The van der Waals surface area contributed by atoms with Gasteiger partial charge < -0.3 is 5.73 Å². The van der Waals surface area contributed by atoms with Gasteiger partial charge in [0.15, 0.2) is 0 Å². The van der Waals surface area contributed by atoms with Gasteiger partial charge in [-0.1, -0.05) is 13.8 Å². The summed E-state index contributed by atoms with van der Waals surface area (Å²) in [6.45, 7) is 4.48. The molecule has 3 heteroatoms. The predicted octanol–water partition coefficient (Wildman–Crippen LogP) is 1.91. The first-order valence-corrected chi connectivity index (χ1v) is 5.36. The van der Waals surface area contributed by atoms with E-state index in [-0.39, 0.29) is 0 Å². The number of nitrogens with two attached hydrogens (primary N) is 1. The summed E-state index contributed by atoms with van der Waals surface area (Å²) >= 11 is 0. The van der Waals surface area contributed by atoms with Gasteiger partial charge in [-0.15, -0.1) is 0 Å². The topological polar surface area (TPSA) is 43.8 Å². The molecule has 1 saturated carbocycles. The first kappa shape index (κ1) is 9.56. The van der Waals surface area contributed by atoms with Crippen LogP contribution in [-0.4, -0.2) is 9.78 Å². The van der Waals surface area contributed by atoms with Crippen molar-refractivity contribution in [2.75, 3.05) is 5.73 Å². The fraction of sp³-hybridized carbons (Fsp3) is 0.727. The Hall–Kier alpha value is -0.990. The molecule has 1 aromatic heterocycles. The summed E-state index contributed by atoms with van der Waals surface area (Å²) < 4.78 is 1.81. The van der Waals surface area contributed by atoms with Crippen molar-refractivity contribution in [1.29, 1.82) is 0 Å². The van der Waals surface area contributed by atoms with E-state index < -0.39 is 0 Å². The van der Waals surface area contributed by atoms with E-state index in [0.29, 0.717) is 5.41 Å². The minimum atomic E-state index is 0.519. The average molecular weight is 193 g/mol. The van der Waals surface area contributed by atoms with Gasteiger partial charge in [-0.05, 0) is 31.1 Å². The fourth-order valence-electron chi connectivity index (χ4n) is 1.96. The molecule has 2 rings (SSSR count). The molecule has 0 unspecified atom stereocenters. The molecule has 0 radical (unpaired) electrons. The number of rotatable bonds is 3. The zero-order chi connectivity index (χ0) is 10.3. The highest BCUT2D eigenvalue weighted by Gasteiger charge is 2.38. The Morgan fingerprint density at radius 2 is 2.14 bits per heavy atom. The third kappa shape index (κ3) is 1.51. The third-order valence-corrected chi connectivity index (χ3v) is 3.33. The van der Waals surface area contributed by atoms with E-state index >= 15 is 0 Å². The summed E-state index contributed by atoms with van der Waals surface area (Å²) in [5.74, 6) is 0.840. The maximum absolute atomic E-state index is 5.95. The summed E-state index contributed by atoms with van der Waals surface area (Å²) in [5.41, 5.74) is 8.94. The van der Waals surface area contributed by atoms with Crippen LogP contribution in [0.25, 0.3) is 0 Å². The van der Waals surface area contributed by atoms with Crippen LogP contribution < -0.4 is 5.73 Å². The summed E-state index contributed by atoms with van der Waals surface area (Å²) in [5, 5.41) is 4.50. The lowest BCUT2D eigenvalue weighted by Gasteiger charge is -2.06. The average Bonchev–Trinajstić information content (AvgIpc) is 2.77. The van der Waals surface area contributed by atoms with Gasteiger partial charge in [0.2, 0.25) is 0 Å². The molecule has 78 valence electrons. The molecule has 2 N–H and O–H groups in total. The van der Waals surface area contributed by atoms with Gasteiger partial charge >= 0.3 is 0 Å². The van der Waals surface area contributed by atoms with Crippen molar-refractivity contribution < 1.29 is 0 Å². The Labute approximate surface area is 85.3 Å². The Bertz CT molecular complexity index is 348. The van der Waals surface area contributed by atoms with Gasteiger partial charge in [0.1, 0.15) is 5.82 Å². The Balaban J connectivity index is 2.28. The van der Waals surface area contributed by atoms with Crippen LogP contribution >= 0.6 is 0 Å². The SMILES string of the molecule is CCc1c(CC2(C)CC2)nn(C)c1N. The van der Waals surface area contributed by atoms with Crippen LogP contribution in [0.4, 0.5) is 5.82 Å². The van der Waals surface area contributed by atoms with E-state index in [9.17, 15) is 0 Å². The number of anilines is 1. The summed E-state index contributed by atoms with van der Waals surface area (Å²) in [7, 11) is 1.92. The van der Waals surface area contributed by atoms with E-state index in [2.05, 4.69) is 18.9 Å². The smallest absolute Gasteiger partial charge is 0.124 e. The second-order valence-corrected chi connectivity index (χ2v) is 4.78. The zero-order valence-corrected chi connectivity index (χ0v) is 9.30. The van der Waals surface area contributed by atoms with Crippen molar-refractivity contribution in [3.05, 3.63) is 11.3 Å². The molecule has 0 saturated heterocycles. The lowest BCUT2D eigenvalue weighted by atomic mass is 9.99. The molecular formula is C11H19N3. The molecule has 1 aromatic rings. The van der Waals surface area contributed by atoms with Gasteiger partial charge in [-0.3, -0.25) is 4.68 Å². The predicted molar refractivity (Wildman–Crippen MR) is 58.0 cm³/mol. The lowest BCUT2D eigenvalue weighted by Crippen LogP contribution is -2.02. The van der Waals surface area contributed by atoms with Crippen molar-refractivity contribution >= 4 is 5.82 Å². The minimum Gasteiger partial charge on any atom is -0.384 e. The highest BCUT2D eigenvalue weighted by Crippen LogP contribution is 2.48. The highest BCUT2D eigenvalue weighted by atomic mass is 15.3. The minimum absolute atomic E-state index is 0.519.